The molecule has 29 heavy (non-hydrogen) atoms. The molecule has 168 valence electrons. The van der Waals surface area contributed by atoms with Crippen LogP contribution in [0.2, 0.25) is 0 Å². The van der Waals surface area contributed by atoms with Gasteiger partial charge >= 0.3 is 0 Å². The predicted molar refractivity (Wildman–Crippen MR) is 131 cm³/mol. The molecule has 1 amide bonds. The van der Waals surface area contributed by atoms with E-state index in [1.807, 2.05) is 7.05 Å². The van der Waals surface area contributed by atoms with Crippen LogP contribution in [-0.2, 0) is 4.79 Å². The molecule has 3 rings (SSSR count). The van der Waals surface area contributed by atoms with Crippen LogP contribution in [0.5, 0.6) is 0 Å². The van der Waals surface area contributed by atoms with Crippen molar-refractivity contribution in [2.45, 2.75) is 64.8 Å². The van der Waals surface area contributed by atoms with Gasteiger partial charge in [-0.3, -0.25) is 14.7 Å². The van der Waals surface area contributed by atoms with Gasteiger partial charge < -0.3 is 15.5 Å². The van der Waals surface area contributed by atoms with E-state index in [2.05, 4.69) is 39.3 Å². The standard InChI is InChI=1S/C22H41N5O.HI/c1-17-14-18(2)16-20(15-17)25-22(23-3)24-8-9-26-10-12-27(13-11-26)21(28)19-6-4-5-7-19;/h17-20H,4-16H2,1-3H3,(H2,23,24,25);1H. The average Bonchev–Trinajstić information content (AvgIpc) is 3.21. The van der Waals surface area contributed by atoms with E-state index in [4.69, 9.17) is 0 Å². The molecule has 2 N–H and O–H groups in total. The molecule has 0 aromatic rings. The third kappa shape index (κ3) is 7.56. The largest absolute Gasteiger partial charge is 0.355 e. The van der Waals surface area contributed by atoms with E-state index in [1.165, 1.54) is 32.1 Å². The first kappa shape index (κ1) is 24.7. The van der Waals surface area contributed by atoms with Gasteiger partial charge in [-0.2, -0.15) is 0 Å². The maximum atomic E-state index is 12.6. The van der Waals surface area contributed by atoms with Crippen molar-refractivity contribution in [1.82, 2.24) is 20.4 Å². The number of carbonyl (C=O) groups excluding carboxylic acids is 1. The molecule has 2 aliphatic carbocycles. The van der Waals surface area contributed by atoms with E-state index in [0.29, 0.717) is 17.9 Å². The lowest BCUT2D eigenvalue weighted by atomic mass is 9.80. The van der Waals surface area contributed by atoms with Gasteiger partial charge in [0.2, 0.25) is 5.91 Å². The molecule has 2 atom stereocenters. The molecule has 1 saturated heterocycles. The van der Waals surface area contributed by atoms with Crippen LogP contribution in [0.25, 0.3) is 0 Å². The molecular formula is C22H42IN5O. The second-order valence-electron chi connectivity index (χ2n) is 9.41. The third-order valence-electron chi connectivity index (χ3n) is 6.85. The fourth-order valence-corrected chi connectivity index (χ4v) is 5.41. The van der Waals surface area contributed by atoms with Crippen molar-refractivity contribution in [3.05, 3.63) is 0 Å². The Hall–Kier alpha value is -0.570. The Morgan fingerprint density at radius 3 is 2.21 bits per heavy atom. The molecule has 2 saturated carbocycles. The minimum atomic E-state index is 0. The maximum absolute atomic E-state index is 12.6. The highest BCUT2D eigenvalue weighted by Crippen LogP contribution is 2.28. The van der Waals surface area contributed by atoms with Crippen LogP contribution in [0, 0.1) is 17.8 Å². The minimum Gasteiger partial charge on any atom is -0.355 e. The monoisotopic (exact) mass is 519 g/mol. The van der Waals surface area contributed by atoms with Crippen molar-refractivity contribution in [2.75, 3.05) is 46.3 Å². The van der Waals surface area contributed by atoms with Gasteiger partial charge in [0.1, 0.15) is 0 Å². The zero-order valence-electron chi connectivity index (χ0n) is 18.7. The molecule has 0 spiro atoms. The molecular weight excluding hydrogens is 477 g/mol. The Balaban J connectivity index is 0.00000300. The normalized spacial score (nSPS) is 29.4. The van der Waals surface area contributed by atoms with Crippen LogP contribution < -0.4 is 10.6 Å². The summed E-state index contributed by atoms with van der Waals surface area (Å²) in [5.41, 5.74) is 0. The van der Waals surface area contributed by atoms with E-state index in [-0.39, 0.29) is 24.0 Å². The molecule has 3 aliphatic rings. The van der Waals surface area contributed by atoms with Gasteiger partial charge in [-0.15, -0.1) is 24.0 Å². The fourth-order valence-electron chi connectivity index (χ4n) is 5.41. The van der Waals surface area contributed by atoms with Crippen LogP contribution in [0.1, 0.15) is 58.8 Å². The van der Waals surface area contributed by atoms with E-state index in [0.717, 1.165) is 69.9 Å². The zero-order valence-corrected chi connectivity index (χ0v) is 21.0. The van der Waals surface area contributed by atoms with Crippen LogP contribution in [-0.4, -0.2) is 74.0 Å². The van der Waals surface area contributed by atoms with Crippen molar-refractivity contribution in [3.8, 4) is 0 Å². The number of aliphatic imine (C=N–C) groups is 1. The summed E-state index contributed by atoms with van der Waals surface area (Å²) in [7, 11) is 1.86. The second-order valence-corrected chi connectivity index (χ2v) is 9.41. The van der Waals surface area contributed by atoms with E-state index in [1.54, 1.807) is 0 Å². The molecule has 3 fully saturated rings. The third-order valence-corrected chi connectivity index (χ3v) is 6.85. The van der Waals surface area contributed by atoms with Gasteiger partial charge in [0.15, 0.2) is 5.96 Å². The maximum Gasteiger partial charge on any atom is 0.225 e. The lowest BCUT2D eigenvalue weighted by molar-refractivity contribution is -0.137. The van der Waals surface area contributed by atoms with E-state index < -0.39 is 0 Å². The summed E-state index contributed by atoms with van der Waals surface area (Å²) in [6.07, 6.45) is 8.50. The molecule has 0 aromatic heterocycles. The SMILES string of the molecule is CN=C(NCCN1CCN(C(=O)C2CCCC2)CC1)NC1CC(C)CC(C)C1.I. The van der Waals surface area contributed by atoms with Crippen LogP contribution in [0.4, 0.5) is 0 Å². The fraction of sp³-hybridized carbons (Fsp3) is 0.909. The molecule has 6 nitrogen and oxygen atoms in total. The lowest BCUT2D eigenvalue weighted by Crippen LogP contribution is -2.52. The van der Waals surface area contributed by atoms with Crippen molar-refractivity contribution in [2.24, 2.45) is 22.7 Å². The summed E-state index contributed by atoms with van der Waals surface area (Å²) in [6.45, 7) is 10.4. The summed E-state index contributed by atoms with van der Waals surface area (Å²) >= 11 is 0. The van der Waals surface area contributed by atoms with Gasteiger partial charge in [0.05, 0.1) is 0 Å². The number of halogens is 1. The summed E-state index contributed by atoms with van der Waals surface area (Å²) in [4.78, 5) is 21.5. The Morgan fingerprint density at radius 1 is 1.00 bits per heavy atom. The first-order valence-corrected chi connectivity index (χ1v) is 11.5. The van der Waals surface area contributed by atoms with E-state index in [9.17, 15) is 4.79 Å². The number of nitrogens with zero attached hydrogens (tertiary/aromatic N) is 3. The Morgan fingerprint density at radius 2 is 1.62 bits per heavy atom. The Labute approximate surface area is 194 Å². The predicted octanol–water partition coefficient (Wildman–Crippen LogP) is 2.93. The first-order chi connectivity index (χ1) is 13.5. The molecule has 1 aliphatic heterocycles. The number of guanidine groups is 1. The minimum absolute atomic E-state index is 0. The molecule has 1 heterocycles. The number of piperazine rings is 1. The zero-order chi connectivity index (χ0) is 19.9. The average molecular weight is 520 g/mol. The van der Waals surface area contributed by atoms with Crippen LogP contribution >= 0.6 is 24.0 Å². The van der Waals surface area contributed by atoms with Crippen LogP contribution in [0.3, 0.4) is 0 Å². The molecule has 0 bridgehead atoms. The molecule has 0 radical (unpaired) electrons. The number of hydrogen-bond acceptors (Lipinski definition) is 3. The summed E-state index contributed by atoms with van der Waals surface area (Å²) in [5, 5.41) is 7.11. The summed E-state index contributed by atoms with van der Waals surface area (Å²) in [6, 6.07) is 0.537. The quantitative estimate of drug-likeness (QED) is 0.333. The van der Waals surface area contributed by atoms with Gasteiger partial charge in [-0.25, -0.2) is 0 Å². The van der Waals surface area contributed by atoms with Gasteiger partial charge in [-0.05, 0) is 43.9 Å². The van der Waals surface area contributed by atoms with Crippen molar-refractivity contribution in [3.63, 3.8) is 0 Å². The topological polar surface area (TPSA) is 60.0 Å². The highest BCUT2D eigenvalue weighted by atomic mass is 127. The van der Waals surface area contributed by atoms with Crippen molar-refractivity contribution >= 4 is 35.8 Å². The van der Waals surface area contributed by atoms with E-state index >= 15 is 0 Å². The molecule has 0 aromatic carbocycles. The first-order valence-electron chi connectivity index (χ1n) is 11.5. The van der Waals surface area contributed by atoms with Crippen LogP contribution in [0.15, 0.2) is 4.99 Å². The number of carbonyl (C=O) groups is 1. The Kier molecular flexibility index (Phi) is 10.5. The number of rotatable bonds is 5. The summed E-state index contributed by atoms with van der Waals surface area (Å²) < 4.78 is 0. The second kappa shape index (κ2) is 12.3. The van der Waals surface area contributed by atoms with Gasteiger partial charge in [0.25, 0.3) is 0 Å². The highest BCUT2D eigenvalue weighted by molar-refractivity contribution is 14.0. The highest BCUT2D eigenvalue weighted by Gasteiger charge is 2.29. The molecule has 7 heteroatoms. The van der Waals surface area contributed by atoms with Crippen molar-refractivity contribution < 1.29 is 4.79 Å². The number of hydrogen-bond donors (Lipinski definition) is 2. The number of amides is 1. The van der Waals surface area contributed by atoms with Gasteiger partial charge in [0, 0.05) is 58.3 Å². The molecule has 2 unspecified atom stereocenters. The number of nitrogens with one attached hydrogen (secondary N) is 2. The Bertz CT molecular complexity index is 519. The van der Waals surface area contributed by atoms with Crippen molar-refractivity contribution in [1.29, 1.82) is 0 Å². The smallest absolute Gasteiger partial charge is 0.225 e. The van der Waals surface area contributed by atoms with Gasteiger partial charge in [-0.1, -0.05) is 26.7 Å². The lowest BCUT2D eigenvalue weighted by Gasteiger charge is -2.36. The summed E-state index contributed by atoms with van der Waals surface area (Å²) in [5.74, 6) is 3.25.